The molecule has 1 unspecified atom stereocenters. The van der Waals surface area contributed by atoms with Gasteiger partial charge in [0.15, 0.2) is 0 Å². The summed E-state index contributed by atoms with van der Waals surface area (Å²) in [5.74, 6) is -0.0262. The second kappa shape index (κ2) is 6.68. The van der Waals surface area contributed by atoms with E-state index in [1.165, 1.54) is 12.8 Å². The Bertz CT molecular complexity index is 431. The van der Waals surface area contributed by atoms with Gasteiger partial charge in [0.2, 0.25) is 0 Å². The van der Waals surface area contributed by atoms with Crippen LogP contribution in [0.4, 0.5) is 0 Å². The summed E-state index contributed by atoms with van der Waals surface area (Å²) in [7, 11) is 0. The quantitative estimate of drug-likeness (QED) is 0.852. The molecule has 0 aliphatic carbocycles. The van der Waals surface area contributed by atoms with Crippen molar-refractivity contribution >= 4 is 37.8 Å². The Labute approximate surface area is 124 Å². The van der Waals surface area contributed by atoms with E-state index in [9.17, 15) is 4.79 Å². The fourth-order valence-electron chi connectivity index (χ4n) is 2.08. The molecule has 5 heteroatoms. The summed E-state index contributed by atoms with van der Waals surface area (Å²) < 4.78 is 1.77. The topological polar surface area (TPSA) is 41.1 Å². The third kappa shape index (κ3) is 3.80. The number of amides is 1. The SMILES string of the molecule is O=C(NCC1CCCCN1)c1ccc(Br)cc1Br. The molecule has 1 aromatic carbocycles. The van der Waals surface area contributed by atoms with Gasteiger partial charge in [0.1, 0.15) is 0 Å². The van der Waals surface area contributed by atoms with Crippen molar-refractivity contribution in [1.82, 2.24) is 10.6 Å². The number of halogens is 2. The maximum atomic E-state index is 12.0. The van der Waals surface area contributed by atoms with E-state index in [1.54, 1.807) is 0 Å². The summed E-state index contributed by atoms with van der Waals surface area (Å²) >= 11 is 6.78. The predicted octanol–water partition coefficient (Wildman–Crippen LogP) is 3.08. The fraction of sp³-hybridized carbons (Fsp3) is 0.462. The molecule has 1 aliphatic heterocycles. The summed E-state index contributed by atoms with van der Waals surface area (Å²) in [6.07, 6.45) is 3.63. The van der Waals surface area contributed by atoms with Gasteiger partial charge in [-0.05, 0) is 53.5 Å². The lowest BCUT2D eigenvalue weighted by Crippen LogP contribution is -2.43. The first kappa shape index (κ1) is 14.0. The van der Waals surface area contributed by atoms with E-state index in [-0.39, 0.29) is 5.91 Å². The van der Waals surface area contributed by atoms with Crippen LogP contribution >= 0.6 is 31.9 Å². The second-order valence-electron chi connectivity index (χ2n) is 4.48. The van der Waals surface area contributed by atoms with Gasteiger partial charge in [-0.3, -0.25) is 4.79 Å². The van der Waals surface area contributed by atoms with E-state index < -0.39 is 0 Å². The van der Waals surface area contributed by atoms with Crippen LogP contribution in [-0.2, 0) is 0 Å². The highest BCUT2D eigenvalue weighted by atomic mass is 79.9. The van der Waals surface area contributed by atoms with E-state index in [1.807, 2.05) is 18.2 Å². The lowest BCUT2D eigenvalue weighted by Gasteiger charge is -2.23. The number of rotatable bonds is 3. The smallest absolute Gasteiger partial charge is 0.252 e. The van der Waals surface area contributed by atoms with Gasteiger partial charge in [-0.25, -0.2) is 0 Å². The third-order valence-corrected chi connectivity index (χ3v) is 4.25. The first-order valence-corrected chi connectivity index (χ1v) is 7.72. The lowest BCUT2D eigenvalue weighted by molar-refractivity contribution is 0.0947. The van der Waals surface area contributed by atoms with E-state index >= 15 is 0 Å². The summed E-state index contributed by atoms with van der Waals surface area (Å²) in [5, 5.41) is 6.40. The number of hydrogen-bond acceptors (Lipinski definition) is 2. The molecule has 1 saturated heterocycles. The van der Waals surface area contributed by atoms with Crippen LogP contribution in [0.25, 0.3) is 0 Å². The van der Waals surface area contributed by atoms with Crippen LogP contribution in [0.1, 0.15) is 29.6 Å². The normalized spacial score (nSPS) is 19.6. The number of carbonyl (C=O) groups is 1. The highest BCUT2D eigenvalue weighted by Gasteiger charge is 2.15. The van der Waals surface area contributed by atoms with Crippen LogP contribution in [0.3, 0.4) is 0 Å². The molecule has 1 atom stereocenters. The van der Waals surface area contributed by atoms with Crippen molar-refractivity contribution in [1.29, 1.82) is 0 Å². The zero-order valence-corrected chi connectivity index (χ0v) is 13.2. The minimum atomic E-state index is -0.0262. The lowest BCUT2D eigenvalue weighted by atomic mass is 10.1. The molecule has 2 rings (SSSR count). The monoisotopic (exact) mass is 374 g/mol. The van der Waals surface area contributed by atoms with Gasteiger partial charge in [-0.1, -0.05) is 22.4 Å². The highest BCUT2D eigenvalue weighted by molar-refractivity contribution is 9.11. The Balaban J connectivity index is 1.90. The average Bonchev–Trinajstić information content (AvgIpc) is 2.37. The Hall–Kier alpha value is -0.390. The summed E-state index contributed by atoms with van der Waals surface area (Å²) in [5.41, 5.74) is 0.675. The predicted molar refractivity (Wildman–Crippen MR) is 79.8 cm³/mol. The number of nitrogens with one attached hydrogen (secondary N) is 2. The van der Waals surface area contributed by atoms with Crippen LogP contribution in [-0.4, -0.2) is 25.0 Å². The molecule has 0 saturated carbocycles. The van der Waals surface area contributed by atoms with Gasteiger partial charge < -0.3 is 10.6 Å². The maximum absolute atomic E-state index is 12.0. The number of piperidine rings is 1. The average molecular weight is 376 g/mol. The highest BCUT2D eigenvalue weighted by Crippen LogP contribution is 2.21. The van der Waals surface area contributed by atoms with Crippen molar-refractivity contribution in [3.63, 3.8) is 0 Å². The van der Waals surface area contributed by atoms with Crippen molar-refractivity contribution in [2.75, 3.05) is 13.1 Å². The number of hydrogen-bond donors (Lipinski definition) is 2. The van der Waals surface area contributed by atoms with Crippen LogP contribution in [0.5, 0.6) is 0 Å². The van der Waals surface area contributed by atoms with Gasteiger partial charge in [0.05, 0.1) is 5.56 Å². The van der Waals surface area contributed by atoms with Gasteiger partial charge in [0.25, 0.3) is 5.91 Å². The van der Waals surface area contributed by atoms with E-state index in [2.05, 4.69) is 42.5 Å². The molecule has 98 valence electrons. The molecule has 0 spiro atoms. The maximum Gasteiger partial charge on any atom is 0.252 e. The zero-order valence-electron chi connectivity index (χ0n) is 10.0. The molecule has 1 heterocycles. The molecule has 18 heavy (non-hydrogen) atoms. The van der Waals surface area contributed by atoms with Gasteiger partial charge in [-0.15, -0.1) is 0 Å². The molecule has 0 aromatic heterocycles. The molecule has 0 bridgehead atoms. The molecular formula is C13H16Br2N2O. The molecule has 1 amide bonds. The number of benzene rings is 1. The molecule has 1 aliphatic rings. The molecule has 0 radical (unpaired) electrons. The third-order valence-electron chi connectivity index (χ3n) is 3.10. The standard InChI is InChI=1S/C13H16Br2N2O/c14-9-4-5-11(12(15)7-9)13(18)17-8-10-3-1-2-6-16-10/h4-5,7,10,16H,1-3,6,8H2,(H,17,18). The first-order valence-electron chi connectivity index (χ1n) is 6.13. The summed E-state index contributed by atoms with van der Waals surface area (Å²) in [4.78, 5) is 12.0. The Morgan fingerprint density at radius 3 is 2.89 bits per heavy atom. The van der Waals surface area contributed by atoms with E-state index in [0.717, 1.165) is 21.9 Å². The van der Waals surface area contributed by atoms with Crippen LogP contribution in [0.2, 0.25) is 0 Å². The molecule has 2 N–H and O–H groups in total. The van der Waals surface area contributed by atoms with Crippen molar-refractivity contribution in [3.05, 3.63) is 32.7 Å². The van der Waals surface area contributed by atoms with Crippen LogP contribution in [0, 0.1) is 0 Å². The number of carbonyl (C=O) groups excluding carboxylic acids is 1. The van der Waals surface area contributed by atoms with Crippen molar-refractivity contribution < 1.29 is 4.79 Å². The molecular weight excluding hydrogens is 360 g/mol. The van der Waals surface area contributed by atoms with Crippen LogP contribution in [0.15, 0.2) is 27.1 Å². The van der Waals surface area contributed by atoms with E-state index in [0.29, 0.717) is 18.2 Å². The molecule has 3 nitrogen and oxygen atoms in total. The minimum Gasteiger partial charge on any atom is -0.350 e. The summed E-state index contributed by atoms with van der Waals surface area (Å²) in [6.45, 7) is 1.75. The Kier molecular flexibility index (Phi) is 5.21. The first-order chi connectivity index (χ1) is 8.66. The Morgan fingerprint density at radius 1 is 1.39 bits per heavy atom. The second-order valence-corrected chi connectivity index (χ2v) is 6.25. The minimum absolute atomic E-state index is 0.0262. The van der Waals surface area contributed by atoms with Crippen molar-refractivity contribution in [3.8, 4) is 0 Å². The molecule has 1 fully saturated rings. The van der Waals surface area contributed by atoms with Crippen molar-refractivity contribution in [2.45, 2.75) is 25.3 Å². The zero-order chi connectivity index (χ0) is 13.0. The van der Waals surface area contributed by atoms with Gasteiger partial charge in [0, 0.05) is 21.5 Å². The Morgan fingerprint density at radius 2 is 2.22 bits per heavy atom. The largest absolute Gasteiger partial charge is 0.350 e. The fourth-order valence-corrected chi connectivity index (χ4v) is 3.31. The van der Waals surface area contributed by atoms with Gasteiger partial charge >= 0.3 is 0 Å². The van der Waals surface area contributed by atoms with Crippen LogP contribution < -0.4 is 10.6 Å². The van der Waals surface area contributed by atoms with Gasteiger partial charge in [-0.2, -0.15) is 0 Å². The molecule has 1 aromatic rings. The van der Waals surface area contributed by atoms with E-state index in [4.69, 9.17) is 0 Å². The summed E-state index contributed by atoms with van der Waals surface area (Å²) in [6, 6.07) is 5.99. The van der Waals surface area contributed by atoms with Crippen molar-refractivity contribution in [2.24, 2.45) is 0 Å².